The van der Waals surface area contributed by atoms with E-state index in [1.165, 1.54) is 5.56 Å². The van der Waals surface area contributed by atoms with Crippen molar-refractivity contribution in [3.05, 3.63) is 83.9 Å². The van der Waals surface area contributed by atoms with E-state index in [0.717, 1.165) is 22.4 Å². The Bertz CT molecular complexity index is 747. The molecule has 0 radical (unpaired) electrons. The Kier molecular flexibility index (Phi) is 3.88. The van der Waals surface area contributed by atoms with Gasteiger partial charge in [-0.3, -0.25) is 9.97 Å². The Hall–Kier alpha value is -2.74. The molecule has 0 aliphatic rings. The second-order valence-electron chi connectivity index (χ2n) is 4.88. The van der Waals surface area contributed by atoms with Gasteiger partial charge in [0, 0.05) is 35.4 Å². The normalized spacial score (nSPS) is 10.9. The van der Waals surface area contributed by atoms with Gasteiger partial charge in [-0.25, -0.2) is 0 Å². The average Bonchev–Trinajstić information content (AvgIpc) is 2.56. The molecular weight excluding hydrogens is 256 g/mol. The number of rotatable bonds is 3. The molecule has 0 amide bonds. The van der Waals surface area contributed by atoms with E-state index in [1.807, 2.05) is 49.6 Å². The molecule has 2 heteroatoms. The van der Waals surface area contributed by atoms with Crippen molar-refractivity contribution in [2.75, 3.05) is 0 Å². The zero-order valence-electron chi connectivity index (χ0n) is 11.9. The molecule has 0 atom stereocenters. The van der Waals surface area contributed by atoms with Crippen LogP contribution in [-0.4, -0.2) is 9.97 Å². The van der Waals surface area contributed by atoms with E-state index >= 15 is 0 Å². The summed E-state index contributed by atoms with van der Waals surface area (Å²) < 4.78 is 0. The van der Waals surface area contributed by atoms with Gasteiger partial charge >= 0.3 is 0 Å². The highest BCUT2D eigenvalue weighted by atomic mass is 14.7. The molecule has 2 nitrogen and oxygen atoms in total. The number of aryl methyl sites for hydroxylation is 1. The Labute approximate surface area is 124 Å². The van der Waals surface area contributed by atoms with Gasteiger partial charge in [0.25, 0.3) is 0 Å². The van der Waals surface area contributed by atoms with Crippen molar-refractivity contribution in [1.82, 2.24) is 9.97 Å². The first-order chi connectivity index (χ1) is 10.3. The minimum atomic E-state index is 1.02. The standard InChI is InChI=1S/C19H16N2/c1-15-17(10-9-16-6-3-2-4-7-16)12-19(14-21-15)18-8-5-11-20-13-18/h2-14H,1H3/b10-9+. The van der Waals surface area contributed by atoms with E-state index in [4.69, 9.17) is 0 Å². The SMILES string of the molecule is Cc1ncc(-c2cccnc2)cc1/C=C/c1ccccc1. The molecule has 0 bridgehead atoms. The smallest absolute Gasteiger partial charge is 0.0445 e. The molecule has 3 aromatic rings. The molecular formula is C19H16N2. The van der Waals surface area contributed by atoms with E-state index < -0.39 is 0 Å². The van der Waals surface area contributed by atoms with Gasteiger partial charge in [-0.05, 0) is 30.2 Å². The molecule has 102 valence electrons. The Morgan fingerprint density at radius 2 is 1.71 bits per heavy atom. The minimum Gasteiger partial charge on any atom is -0.264 e. The van der Waals surface area contributed by atoms with Crippen LogP contribution in [0.25, 0.3) is 23.3 Å². The molecule has 3 rings (SSSR count). The van der Waals surface area contributed by atoms with Crippen LogP contribution < -0.4 is 0 Å². The first-order valence-electron chi connectivity index (χ1n) is 6.93. The maximum Gasteiger partial charge on any atom is 0.0445 e. The molecule has 0 saturated carbocycles. The van der Waals surface area contributed by atoms with Crippen molar-refractivity contribution in [3.8, 4) is 11.1 Å². The predicted molar refractivity (Wildman–Crippen MR) is 87.6 cm³/mol. The first-order valence-corrected chi connectivity index (χ1v) is 6.93. The molecule has 0 spiro atoms. The van der Waals surface area contributed by atoms with E-state index in [2.05, 4.69) is 40.3 Å². The van der Waals surface area contributed by atoms with Crippen LogP contribution in [0, 0.1) is 6.92 Å². The van der Waals surface area contributed by atoms with Gasteiger partial charge in [0.2, 0.25) is 0 Å². The third kappa shape index (κ3) is 3.23. The molecule has 0 fully saturated rings. The number of hydrogen-bond donors (Lipinski definition) is 0. The maximum absolute atomic E-state index is 4.49. The van der Waals surface area contributed by atoms with Crippen molar-refractivity contribution in [2.24, 2.45) is 0 Å². The van der Waals surface area contributed by atoms with Gasteiger partial charge in [0.05, 0.1) is 0 Å². The summed E-state index contributed by atoms with van der Waals surface area (Å²) in [5.41, 5.74) is 5.50. The lowest BCUT2D eigenvalue weighted by atomic mass is 10.0. The second-order valence-corrected chi connectivity index (χ2v) is 4.88. The zero-order chi connectivity index (χ0) is 14.5. The predicted octanol–water partition coefficient (Wildman–Crippen LogP) is 4.62. The fraction of sp³-hybridized carbons (Fsp3) is 0.0526. The molecule has 0 aliphatic heterocycles. The summed E-state index contributed by atoms with van der Waals surface area (Å²) in [6, 6.07) is 16.4. The fourth-order valence-corrected chi connectivity index (χ4v) is 2.16. The number of benzene rings is 1. The highest BCUT2D eigenvalue weighted by molar-refractivity contribution is 5.73. The van der Waals surface area contributed by atoms with Crippen LogP contribution in [0.15, 0.2) is 67.1 Å². The molecule has 21 heavy (non-hydrogen) atoms. The molecule has 1 aromatic carbocycles. The molecule has 0 saturated heterocycles. The van der Waals surface area contributed by atoms with E-state index in [-0.39, 0.29) is 0 Å². The third-order valence-corrected chi connectivity index (χ3v) is 3.38. The molecule has 0 N–H and O–H groups in total. The van der Waals surface area contributed by atoms with E-state index in [0.29, 0.717) is 0 Å². The monoisotopic (exact) mass is 272 g/mol. The van der Waals surface area contributed by atoms with E-state index in [9.17, 15) is 0 Å². The largest absolute Gasteiger partial charge is 0.264 e. The van der Waals surface area contributed by atoms with Crippen molar-refractivity contribution in [1.29, 1.82) is 0 Å². The Morgan fingerprint density at radius 3 is 2.48 bits per heavy atom. The van der Waals surface area contributed by atoms with Crippen LogP contribution in [0.1, 0.15) is 16.8 Å². The molecule has 2 aromatic heterocycles. The van der Waals surface area contributed by atoms with Gasteiger partial charge < -0.3 is 0 Å². The van der Waals surface area contributed by atoms with Crippen LogP contribution in [0.4, 0.5) is 0 Å². The summed E-state index contributed by atoms with van der Waals surface area (Å²) in [7, 11) is 0. The first kappa shape index (κ1) is 13.3. The summed E-state index contributed by atoms with van der Waals surface area (Å²) in [5.74, 6) is 0. The van der Waals surface area contributed by atoms with Crippen molar-refractivity contribution in [2.45, 2.75) is 6.92 Å². The van der Waals surface area contributed by atoms with Gasteiger partial charge in [0.15, 0.2) is 0 Å². The molecule has 0 aliphatic carbocycles. The van der Waals surface area contributed by atoms with Crippen molar-refractivity contribution < 1.29 is 0 Å². The number of nitrogens with zero attached hydrogens (tertiary/aromatic N) is 2. The Balaban J connectivity index is 1.94. The van der Waals surface area contributed by atoms with Gasteiger partial charge in [-0.1, -0.05) is 48.6 Å². The summed E-state index contributed by atoms with van der Waals surface area (Å²) in [5, 5.41) is 0. The lowest BCUT2D eigenvalue weighted by Crippen LogP contribution is -1.89. The fourth-order valence-electron chi connectivity index (χ4n) is 2.16. The number of pyridine rings is 2. The summed E-state index contributed by atoms with van der Waals surface area (Å²) in [6.45, 7) is 2.03. The van der Waals surface area contributed by atoms with Crippen LogP contribution in [0.2, 0.25) is 0 Å². The van der Waals surface area contributed by atoms with E-state index in [1.54, 1.807) is 6.20 Å². The lowest BCUT2D eigenvalue weighted by Gasteiger charge is -2.05. The average molecular weight is 272 g/mol. The van der Waals surface area contributed by atoms with Crippen molar-refractivity contribution in [3.63, 3.8) is 0 Å². The van der Waals surface area contributed by atoms with Crippen LogP contribution in [0.3, 0.4) is 0 Å². The molecule has 0 unspecified atom stereocenters. The summed E-state index contributed by atoms with van der Waals surface area (Å²) >= 11 is 0. The summed E-state index contributed by atoms with van der Waals surface area (Å²) in [6.07, 6.45) is 9.75. The van der Waals surface area contributed by atoms with Gasteiger partial charge in [0.1, 0.15) is 0 Å². The quantitative estimate of drug-likeness (QED) is 0.695. The Morgan fingerprint density at radius 1 is 0.857 bits per heavy atom. The molecule has 2 heterocycles. The highest BCUT2D eigenvalue weighted by Crippen LogP contribution is 2.21. The topological polar surface area (TPSA) is 25.8 Å². The second kappa shape index (κ2) is 6.14. The van der Waals surface area contributed by atoms with Crippen LogP contribution >= 0.6 is 0 Å². The number of hydrogen-bond acceptors (Lipinski definition) is 2. The van der Waals surface area contributed by atoms with Crippen LogP contribution in [0.5, 0.6) is 0 Å². The summed E-state index contributed by atoms with van der Waals surface area (Å²) in [4.78, 5) is 8.65. The lowest BCUT2D eigenvalue weighted by molar-refractivity contribution is 1.19. The van der Waals surface area contributed by atoms with Crippen LogP contribution in [-0.2, 0) is 0 Å². The zero-order valence-corrected chi connectivity index (χ0v) is 11.9. The minimum absolute atomic E-state index is 1.02. The number of aromatic nitrogens is 2. The van der Waals surface area contributed by atoms with Crippen molar-refractivity contribution >= 4 is 12.2 Å². The van der Waals surface area contributed by atoms with Gasteiger partial charge in [-0.15, -0.1) is 0 Å². The highest BCUT2D eigenvalue weighted by Gasteiger charge is 2.01. The maximum atomic E-state index is 4.49. The van der Waals surface area contributed by atoms with Gasteiger partial charge in [-0.2, -0.15) is 0 Å². The third-order valence-electron chi connectivity index (χ3n) is 3.38.